The van der Waals surface area contributed by atoms with E-state index in [1.807, 2.05) is 23.9 Å². The van der Waals surface area contributed by atoms with Crippen LogP contribution in [-0.4, -0.2) is 36.1 Å². The van der Waals surface area contributed by atoms with Gasteiger partial charge in [-0.2, -0.15) is 11.8 Å². The van der Waals surface area contributed by atoms with Gasteiger partial charge in [0.15, 0.2) is 6.61 Å². The van der Waals surface area contributed by atoms with E-state index in [2.05, 4.69) is 29.7 Å². The summed E-state index contributed by atoms with van der Waals surface area (Å²) in [4.78, 5) is 11.6. The highest BCUT2D eigenvalue weighted by molar-refractivity contribution is 7.99. The second-order valence-corrected chi connectivity index (χ2v) is 7.30. The van der Waals surface area contributed by atoms with E-state index in [1.165, 1.54) is 23.5 Å². The number of carbonyl (C=O) groups excluding carboxylic acids is 1. The van der Waals surface area contributed by atoms with E-state index in [0.717, 1.165) is 18.6 Å². The summed E-state index contributed by atoms with van der Waals surface area (Å²) in [6.07, 6.45) is 3.46. The molecule has 5 heteroatoms. The van der Waals surface area contributed by atoms with Gasteiger partial charge < -0.3 is 15.4 Å². The summed E-state index contributed by atoms with van der Waals surface area (Å²) in [7, 11) is 0. The fraction of sp³-hybridized carbons (Fsp3) is 0.588. The van der Waals surface area contributed by atoms with Gasteiger partial charge in [-0.1, -0.05) is 12.1 Å². The third-order valence-corrected chi connectivity index (χ3v) is 5.27. The van der Waals surface area contributed by atoms with E-state index in [9.17, 15) is 4.79 Å². The van der Waals surface area contributed by atoms with Crippen molar-refractivity contribution >= 4 is 17.7 Å². The lowest BCUT2D eigenvalue weighted by atomic mass is 10.1. The molecule has 4 nitrogen and oxygen atoms in total. The Morgan fingerprint density at radius 3 is 2.68 bits per heavy atom. The molecule has 1 aromatic rings. The summed E-state index contributed by atoms with van der Waals surface area (Å²) in [6.45, 7) is 2.30. The summed E-state index contributed by atoms with van der Waals surface area (Å²) < 4.78 is 5.53. The van der Waals surface area contributed by atoms with Crippen LogP contribution in [0.2, 0.25) is 0 Å². The Bertz CT molecular complexity index is 496. The van der Waals surface area contributed by atoms with Crippen LogP contribution >= 0.6 is 11.8 Å². The molecule has 3 rings (SSSR count). The normalized spacial score (nSPS) is 22.3. The van der Waals surface area contributed by atoms with Crippen LogP contribution in [-0.2, 0) is 4.79 Å². The Morgan fingerprint density at radius 2 is 2.05 bits per heavy atom. The molecule has 1 heterocycles. The van der Waals surface area contributed by atoms with E-state index in [1.54, 1.807) is 0 Å². The molecule has 1 aliphatic carbocycles. The molecule has 1 saturated carbocycles. The Balaban J connectivity index is 1.45. The molecule has 1 aliphatic heterocycles. The van der Waals surface area contributed by atoms with Gasteiger partial charge in [-0.15, -0.1) is 0 Å². The maximum absolute atomic E-state index is 11.6. The Kier molecular flexibility index (Phi) is 5.26. The Hall–Kier alpha value is -1.20. The van der Waals surface area contributed by atoms with Crippen LogP contribution in [0.5, 0.6) is 5.75 Å². The molecule has 2 fully saturated rings. The molecule has 0 aromatic heterocycles. The van der Waals surface area contributed by atoms with Crippen LogP contribution in [0, 0.1) is 0 Å². The number of hydrogen-bond donors (Lipinski definition) is 2. The van der Waals surface area contributed by atoms with Crippen molar-refractivity contribution in [2.75, 3.05) is 18.1 Å². The second kappa shape index (κ2) is 7.38. The SMILES string of the molecule is C[C@H](N[C@@H]1CCSC1)c1ccc(OCC(=O)NC2CC2)cc1. The third kappa shape index (κ3) is 4.65. The molecular weight excluding hydrogens is 296 g/mol. The quantitative estimate of drug-likeness (QED) is 0.810. The summed E-state index contributed by atoms with van der Waals surface area (Å²) in [5.74, 6) is 3.19. The summed E-state index contributed by atoms with van der Waals surface area (Å²) in [5.41, 5.74) is 1.26. The van der Waals surface area contributed by atoms with Crippen molar-refractivity contribution in [3.05, 3.63) is 29.8 Å². The molecule has 0 bridgehead atoms. The first-order valence-corrected chi connectivity index (χ1v) is 9.22. The first kappa shape index (κ1) is 15.7. The first-order valence-electron chi connectivity index (χ1n) is 8.06. The molecule has 0 unspecified atom stereocenters. The zero-order chi connectivity index (χ0) is 15.4. The standard InChI is InChI=1S/C17H24N2O2S/c1-12(18-15-8-9-22-11-15)13-2-6-16(7-3-13)21-10-17(20)19-14-4-5-14/h2-3,6-7,12,14-15,18H,4-5,8-11H2,1H3,(H,19,20)/t12-,15+/m0/s1. The number of benzene rings is 1. The number of ether oxygens (including phenoxy) is 1. The van der Waals surface area contributed by atoms with Gasteiger partial charge in [0.25, 0.3) is 5.91 Å². The van der Waals surface area contributed by atoms with Crippen molar-refractivity contribution in [1.29, 1.82) is 0 Å². The average molecular weight is 320 g/mol. The zero-order valence-electron chi connectivity index (χ0n) is 13.0. The lowest BCUT2D eigenvalue weighted by Gasteiger charge is -2.19. The topological polar surface area (TPSA) is 50.4 Å². The second-order valence-electron chi connectivity index (χ2n) is 6.15. The minimum absolute atomic E-state index is 0.0275. The fourth-order valence-corrected chi connectivity index (χ4v) is 3.78. The number of carbonyl (C=O) groups is 1. The summed E-state index contributed by atoms with van der Waals surface area (Å²) >= 11 is 2.02. The van der Waals surface area contributed by atoms with E-state index >= 15 is 0 Å². The molecule has 2 atom stereocenters. The van der Waals surface area contributed by atoms with Gasteiger partial charge in [-0.25, -0.2) is 0 Å². The number of thioether (sulfide) groups is 1. The molecule has 22 heavy (non-hydrogen) atoms. The van der Waals surface area contributed by atoms with Crippen molar-refractivity contribution in [2.45, 2.75) is 44.3 Å². The molecule has 2 N–H and O–H groups in total. The molecule has 0 radical (unpaired) electrons. The predicted octanol–water partition coefficient (Wildman–Crippen LogP) is 2.50. The molecule has 2 aliphatic rings. The van der Waals surface area contributed by atoms with Gasteiger partial charge in [-0.05, 0) is 49.6 Å². The van der Waals surface area contributed by atoms with Gasteiger partial charge in [0.1, 0.15) is 5.75 Å². The van der Waals surface area contributed by atoms with E-state index in [4.69, 9.17) is 4.74 Å². The number of rotatable bonds is 7. The minimum atomic E-state index is -0.0275. The lowest BCUT2D eigenvalue weighted by Crippen LogP contribution is -2.31. The fourth-order valence-electron chi connectivity index (χ4n) is 2.61. The number of amides is 1. The van der Waals surface area contributed by atoms with Gasteiger partial charge in [0, 0.05) is 23.9 Å². The van der Waals surface area contributed by atoms with Crippen LogP contribution in [0.1, 0.15) is 37.8 Å². The van der Waals surface area contributed by atoms with Crippen LogP contribution in [0.25, 0.3) is 0 Å². The van der Waals surface area contributed by atoms with Gasteiger partial charge in [0.2, 0.25) is 0 Å². The van der Waals surface area contributed by atoms with Crippen molar-refractivity contribution in [3.63, 3.8) is 0 Å². The van der Waals surface area contributed by atoms with Crippen molar-refractivity contribution in [1.82, 2.24) is 10.6 Å². The van der Waals surface area contributed by atoms with Crippen molar-refractivity contribution in [2.24, 2.45) is 0 Å². The molecule has 1 aromatic carbocycles. The van der Waals surface area contributed by atoms with Crippen LogP contribution < -0.4 is 15.4 Å². The summed E-state index contributed by atoms with van der Waals surface area (Å²) in [5, 5.41) is 6.59. The lowest BCUT2D eigenvalue weighted by molar-refractivity contribution is -0.123. The van der Waals surface area contributed by atoms with Gasteiger partial charge in [-0.3, -0.25) is 4.79 Å². The van der Waals surface area contributed by atoms with Crippen LogP contribution in [0.3, 0.4) is 0 Å². The maximum atomic E-state index is 11.6. The molecule has 1 amide bonds. The van der Waals surface area contributed by atoms with Crippen molar-refractivity contribution in [3.8, 4) is 5.75 Å². The number of nitrogens with one attached hydrogen (secondary N) is 2. The third-order valence-electron chi connectivity index (χ3n) is 4.11. The highest BCUT2D eigenvalue weighted by Gasteiger charge is 2.23. The van der Waals surface area contributed by atoms with Gasteiger partial charge in [0.05, 0.1) is 0 Å². The first-order chi connectivity index (χ1) is 10.7. The van der Waals surface area contributed by atoms with Crippen molar-refractivity contribution < 1.29 is 9.53 Å². The van der Waals surface area contributed by atoms with Crippen LogP contribution in [0.15, 0.2) is 24.3 Å². The molecule has 1 saturated heterocycles. The number of hydrogen-bond acceptors (Lipinski definition) is 4. The Morgan fingerprint density at radius 1 is 1.27 bits per heavy atom. The molecular formula is C17H24N2O2S. The minimum Gasteiger partial charge on any atom is -0.484 e. The zero-order valence-corrected chi connectivity index (χ0v) is 13.8. The molecule has 0 spiro atoms. The largest absolute Gasteiger partial charge is 0.484 e. The van der Waals surface area contributed by atoms with Crippen LogP contribution in [0.4, 0.5) is 0 Å². The van der Waals surface area contributed by atoms with E-state index in [-0.39, 0.29) is 12.5 Å². The molecule has 120 valence electrons. The van der Waals surface area contributed by atoms with E-state index < -0.39 is 0 Å². The maximum Gasteiger partial charge on any atom is 0.258 e. The monoisotopic (exact) mass is 320 g/mol. The highest BCUT2D eigenvalue weighted by atomic mass is 32.2. The van der Waals surface area contributed by atoms with E-state index in [0.29, 0.717) is 18.1 Å². The average Bonchev–Trinajstić information content (AvgIpc) is 3.18. The predicted molar refractivity (Wildman–Crippen MR) is 90.4 cm³/mol. The summed E-state index contributed by atoms with van der Waals surface area (Å²) in [6, 6.07) is 9.40. The highest BCUT2D eigenvalue weighted by Crippen LogP contribution is 2.23. The van der Waals surface area contributed by atoms with Gasteiger partial charge >= 0.3 is 0 Å². The Labute approximate surface area is 136 Å². The smallest absolute Gasteiger partial charge is 0.258 e.